The lowest BCUT2D eigenvalue weighted by Crippen LogP contribution is -2.34. The minimum Gasteiger partial charge on any atom is -0.452 e. The van der Waals surface area contributed by atoms with E-state index in [0.717, 1.165) is 0 Å². The van der Waals surface area contributed by atoms with Crippen LogP contribution in [0.4, 0.5) is 4.79 Å². The molecule has 0 unspecified atom stereocenters. The van der Waals surface area contributed by atoms with E-state index in [1.165, 1.54) is 12.1 Å². The molecule has 0 aromatic heterocycles. The molecule has 2 amide bonds. The first-order valence-corrected chi connectivity index (χ1v) is 5.80. The third-order valence-electron chi connectivity index (χ3n) is 1.91. The number of carbonyl (C=O) groups is 3. The number of rotatable bonds is 4. The van der Waals surface area contributed by atoms with Crippen LogP contribution in [-0.4, -0.2) is 31.2 Å². The van der Waals surface area contributed by atoms with Crippen molar-refractivity contribution in [1.82, 2.24) is 5.32 Å². The molecule has 0 bridgehead atoms. The number of ether oxygens (including phenoxy) is 2. The molecule has 1 aromatic carbocycles. The second-order valence-corrected chi connectivity index (χ2v) is 3.79. The van der Waals surface area contributed by atoms with Crippen LogP contribution in [-0.2, 0) is 14.3 Å². The van der Waals surface area contributed by atoms with E-state index in [2.05, 4.69) is 4.74 Å². The van der Waals surface area contributed by atoms with E-state index in [-0.39, 0.29) is 12.2 Å². The topological polar surface area (TPSA) is 81.7 Å². The molecular weight excluding hydrogens is 274 g/mol. The Kier molecular flexibility index (Phi) is 5.81. The predicted octanol–water partition coefficient (Wildman–Crippen LogP) is 1.77. The number of esters is 1. The molecule has 0 spiro atoms. The molecule has 0 fully saturated rings. The third kappa shape index (κ3) is 5.39. The van der Waals surface area contributed by atoms with Gasteiger partial charge in [-0.1, -0.05) is 17.7 Å². The maximum Gasteiger partial charge on any atom is 0.413 e. The normalized spacial score (nSPS) is 9.58. The smallest absolute Gasteiger partial charge is 0.413 e. The van der Waals surface area contributed by atoms with Gasteiger partial charge in [0.2, 0.25) is 0 Å². The molecule has 6 nitrogen and oxygen atoms in total. The quantitative estimate of drug-likeness (QED) is 0.853. The lowest BCUT2D eigenvalue weighted by atomic mass is 10.2. The predicted molar refractivity (Wildman–Crippen MR) is 66.9 cm³/mol. The SMILES string of the molecule is CCOC(=O)NC(=O)COC(=O)c1cccc(Cl)c1. The minimum absolute atomic E-state index is 0.140. The van der Waals surface area contributed by atoms with Crippen molar-refractivity contribution in [3.05, 3.63) is 34.9 Å². The van der Waals surface area contributed by atoms with Crippen molar-refractivity contribution in [3.8, 4) is 0 Å². The summed E-state index contributed by atoms with van der Waals surface area (Å²) in [5, 5.41) is 2.28. The molecule has 0 radical (unpaired) electrons. The Hall–Kier alpha value is -2.08. The van der Waals surface area contributed by atoms with E-state index in [1.54, 1.807) is 19.1 Å². The molecule has 7 heteroatoms. The monoisotopic (exact) mass is 285 g/mol. The van der Waals surface area contributed by atoms with Gasteiger partial charge in [-0.2, -0.15) is 0 Å². The Bertz CT molecular complexity index is 489. The van der Waals surface area contributed by atoms with Gasteiger partial charge in [0.05, 0.1) is 12.2 Å². The van der Waals surface area contributed by atoms with E-state index in [1.807, 2.05) is 5.32 Å². The maximum atomic E-state index is 11.5. The molecule has 0 atom stereocenters. The molecule has 102 valence electrons. The summed E-state index contributed by atoms with van der Waals surface area (Å²) in [6.07, 6.45) is -0.883. The summed E-state index contributed by atoms with van der Waals surface area (Å²) in [6.45, 7) is 1.16. The van der Waals surface area contributed by atoms with Crippen molar-refractivity contribution >= 4 is 29.6 Å². The molecule has 19 heavy (non-hydrogen) atoms. The van der Waals surface area contributed by atoms with Gasteiger partial charge in [0, 0.05) is 5.02 Å². The van der Waals surface area contributed by atoms with Gasteiger partial charge < -0.3 is 9.47 Å². The minimum atomic E-state index is -0.883. The number of carbonyl (C=O) groups excluding carboxylic acids is 3. The second-order valence-electron chi connectivity index (χ2n) is 3.36. The third-order valence-corrected chi connectivity index (χ3v) is 2.15. The van der Waals surface area contributed by atoms with Crippen molar-refractivity contribution < 1.29 is 23.9 Å². The second kappa shape index (κ2) is 7.38. The Morgan fingerprint density at radius 2 is 2.00 bits per heavy atom. The Balaban J connectivity index is 2.42. The van der Waals surface area contributed by atoms with Crippen molar-refractivity contribution in [2.75, 3.05) is 13.2 Å². The fraction of sp³-hybridized carbons (Fsp3) is 0.250. The molecule has 1 N–H and O–H groups in total. The number of hydrogen-bond acceptors (Lipinski definition) is 5. The van der Waals surface area contributed by atoms with Gasteiger partial charge in [0.25, 0.3) is 5.91 Å². The van der Waals surface area contributed by atoms with Gasteiger partial charge in [-0.15, -0.1) is 0 Å². The Morgan fingerprint density at radius 3 is 2.63 bits per heavy atom. The summed E-state index contributed by atoms with van der Waals surface area (Å²) in [6, 6.07) is 6.09. The zero-order chi connectivity index (χ0) is 14.3. The van der Waals surface area contributed by atoms with E-state index >= 15 is 0 Å². The van der Waals surface area contributed by atoms with Crippen molar-refractivity contribution in [2.45, 2.75) is 6.92 Å². The molecule has 0 saturated heterocycles. The Labute approximate surface area is 114 Å². The average molecular weight is 286 g/mol. The first kappa shape index (κ1) is 15.0. The van der Waals surface area contributed by atoms with Crippen LogP contribution in [0.1, 0.15) is 17.3 Å². The van der Waals surface area contributed by atoms with Gasteiger partial charge in [0.15, 0.2) is 6.61 Å². The van der Waals surface area contributed by atoms with E-state index in [9.17, 15) is 14.4 Å². The first-order chi connectivity index (χ1) is 9.02. The van der Waals surface area contributed by atoms with Gasteiger partial charge >= 0.3 is 12.1 Å². The Morgan fingerprint density at radius 1 is 1.26 bits per heavy atom. The lowest BCUT2D eigenvalue weighted by molar-refractivity contribution is -0.123. The first-order valence-electron chi connectivity index (χ1n) is 5.42. The van der Waals surface area contributed by atoms with Crippen LogP contribution in [0.5, 0.6) is 0 Å². The van der Waals surface area contributed by atoms with Crippen LogP contribution in [0.25, 0.3) is 0 Å². The summed E-state index contributed by atoms with van der Waals surface area (Å²) >= 11 is 5.71. The fourth-order valence-electron chi connectivity index (χ4n) is 1.15. The van der Waals surface area contributed by atoms with Crippen LogP contribution >= 0.6 is 11.6 Å². The fourth-order valence-corrected chi connectivity index (χ4v) is 1.34. The summed E-state index contributed by atoms with van der Waals surface area (Å²) in [7, 11) is 0. The standard InChI is InChI=1S/C12H12ClNO5/c1-2-18-12(17)14-10(15)7-19-11(16)8-4-3-5-9(13)6-8/h3-6H,2,7H2,1H3,(H,14,15,17). The zero-order valence-corrected chi connectivity index (χ0v) is 10.9. The number of nitrogens with one attached hydrogen (secondary N) is 1. The molecule has 0 aliphatic carbocycles. The largest absolute Gasteiger partial charge is 0.452 e. The molecule has 0 saturated carbocycles. The van der Waals surface area contributed by atoms with Crippen LogP contribution in [0.15, 0.2) is 24.3 Å². The summed E-state index contributed by atoms with van der Waals surface area (Å²) in [4.78, 5) is 33.7. The highest BCUT2D eigenvalue weighted by atomic mass is 35.5. The number of halogens is 1. The molecule has 1 rings (SSSR count). The molecule has 0 aliphatic heterocycles. The average Bonchev–Trinajstić information content (AvgIpc) is 2.36. The van der Waals surface area contributed by atoms with E-state index < -0.39 is 24.6 Å². The van der Waals surface area contributed by atoms with Gasteiger partial charge in [0.1, 0.15) is 0 Å². The van der Waals surface area contributed by atoms with Gasteiger partial charge in [-0.05, 0) is 25.1 Å². The van der Waals surface area contributed by atoms with Crippen LogP contribution < -0.4 is 5.32 Å². The molecule has 0 aliphatic rings. The highest BCUT2D eigenvalue weighted by molar-refractivity contribution is 6.30. The van der Waals surface area contributed by atoms with E-state index in [4.69, 9.17) is 16.3 Å². The number of amides is 2. The summed E-state index contributed by atoms with van der Waals surface area (Å²) in [5.41, 5.74) is 0.219. The van der Waals surface area contributed by atoms with Gasteiger partial charge in [-0.25, -0.2) is 9.59 Å². The van der Waals surface area contributed by atoms with Crippen molar-refractivity contribution in [3.63, 3.8) is 0 Å². The number of hydrogen-bond donors (Lipinski definition) is 1. The molecule has 1 aromatic rings. The highest BCUT2D eigenvalue weighted by Gasteiger charge is 2.12. The van der Waals surface area contributed by atoms with Crippen molar-refractivity contribution in [1.29, 1.82) is 0 Å². The number of imide groups is 1. The summed E-state index contributed by atoms with van der Waals surface area (Å²) in [5.74, 6) is -1.48. The van der Waals surface area contributed by atoms with Crippen LogP contribution in [0.2, 0.25) is 5.02 Å². The maximum absolute atomic E-state index is 11.5. The number of alkyl carbamates (subject to hydrolysis) is 1. The van der Waals surface area contributed by atoms with Crippen LogP contribution in [0, 0.1) is 0 Å². The van der Waals surface area contributed by atoms with E-state index in [0.29, 0.717) is 5.02 Å². The molecule has 0 heterocycles. The van der Waals surface area contributed by atoms with Crippen LogP contribution in [0.3, 0.4) is 0 Å². The summed E-state index contributed by atoms with van der Waals surface area (Å²) < 4.78 is 9.20. The highest BCUT2D eigenvalue weighted by Crippen LogP contribution is 2.11. The lowest BCUT2D eigenvalue weighted by Gasteiger charge is -2.05. The number of benzene rings is 1. The van der Waals surface area contributed by atoms with Crippen molar-refractivity contribution in [2.24, 2.45) is 0 Å². The zero-order valence-electron chi connectivity index (χ0n) is 10.1. The molecular formula is C12H12ClNO5. The van der Waals surface area contributed by atoms with Gasteiger partial charge in [-0.3, -0.25) is 10.1 Å².